The lowest BCUT2D eigenvalue weighted by Gasteiger charge is -2.23. The third-order valence-corrected chi connectivity index (χ3v) is 7.69. The number of alkyl carbamates (subject to hydrolysis) is 1. The van der Waals surface area contributed by atoms with Crippen molar-refractivity contribution in [3.05, 3.63) is 95.1 Å². The molecule has 1 aliphatic carbocycles. The van der Waals surface area contributed by atoms with Crippen LogP contribution in [0.25, 0.3) is 0 Å². The number of amides is 3. The van der Waals surface area contributed by atoms with Gasteiger partial charge in [0.15, 0.2) is 0 Å². The fraction of sp³-hybridized carbons (Fsp3) is 0.382. The van der Waals surface area contributed by atoms with Crippen molar-refractivity contribution in [1.29, 1.82) is 0 Å². The zero-order valence-corrected chi connectivity index (χ0v) is 26.4. The molecule has 234 valence electrons. The zero-order chi connectivity index (χ0) is 31.4. The van der Waals surface area contributed by atoms with Gasteiger partial charge in [0.1, 0.15) is 24.0 Å². The lowest BCUT2D eigenvalue weighted by Crippen LogP contribution is -2.53. The molecule has 9 nitrogen and oxygen atoms in total. The van der Waals surface area contributed by atoms with Gasteiger partial charge in [-0.15, -0.1) is 0 Å². The third kappa shape index (κ3) is 11.1. The summed E-state index contributed by atoms with van der Waals surface area (Å²) >= 11 is 1.06. The van der Waals surface area contributed by atoms with Gasteiger partial charge in [0.25, 0.3) is 11.1 Å². The average Bonchev–Trinajstić information content (AvgIpc) is 3.01. The van der Waals surface area contributed by atoms with Crippen molar-refractivity contribution >= 4 is 34.7 Å². The summed E-state index contributed by atoms with van der Waals surface area (Å²) in [6.45, 7) is 6.26. The van der Waals surface area contributed by atoms with Crippen LogP contribution in [0.3, 0.4) is 0 Å². The lowest BCUT2D eigenvalue weighted by atomic mass is 9.91. The molecule has 0 bridgehead atoms. The first-order valence-corrected chi connectivity index (χ1v) is 16.0. The molecule has 0 radical (unpaired) electrons. The van der Waals surface area contributed by atoms with Gasteiger partial charge in [-0.2, -0.15) is 0 Å². The van der Waals surface area contributed by atoms with E-state index in [4.69, 9.17) is 9.47 Å². The Bertz CT molecular complexity index is 1390. The van der Waals surface area contributed by atoms with Crippen LogP contribution >= 0.6 is 11.8 Å². The van der Waals surface area contributed by atoms with Crippen LogP contribution in [0.4, 0.5) is 15.3 Å². The number of benzene rings is 3. The molecule has 0 aromatic heterocycles. The molecule has 3 amide bonds. The summed E-state index contributed by atoms with van der Waals surface area (Å²) in [7, 11) is 0. The highest BCUT2D eigenvalue weighted by Crippen LogP contribution is 2.24. The van der Waals surface area contributed by atoms with E-state index in [-0.39, 0.29) is 6.42 Å². The van der Waals surface area contributed by atoms with E-state index >= 15 is 0 Å². The molecule has 4 N–H and O–H groups in total. The number of hydrogen-bond acceptors (Lipinski definition) is 7. The van der Waals surface area contributed by atoms with Crippen molar-refractivity contribution in [3.63, 3.8) is 0 Å². The quantitative estimate of drug-likeness (QED) is 0.150. The van der Waals surface area contributed by atoms with Crippen LogP contribution in [0, 0.1) is 0 Å². The van der Waals surface area contributed by atoms with Gasteiger partial charge in [-0.05, 0) is 93.0 Å². The van der Waals surface area contributed by atoms with Crippen molar-refractivity contribution in [2.24, 2.45) is 0 Å². The van der Waals surface area contributed by atoms with E-state index in [0.29, 0.717) is 24.7 Å². The minimum Gasteiger partial charge on any atom is -0.489 e. The first kappa shape index (κ1) is 32.7. The Morgan fingerprint density at radius 1 is 0.864 bits per heavy atom. The number of carbonyl (C=O) groups is 3. The summed E-state index contributed by atoms with van der Waals surface area (Å²) in [5.74, 6) is 0.627. The van der Waals surface area contributed by atoms with Crippen molar-refractivity contribution in [3.8, 4) is 5.75 Å². The number of aryl methyl sites for hydroxylation is 2. The van der Waals surface area contributed by atoms with Crippen LogP contribution in [-0.2, 0) is 35.4 Å². The molecule has 1 atom stereocenters. The van der Waals surface area contributed by atoms with Gasteiger partial charge in [0.05, 0.1) is 0 Å². The van der Waals surface area contributed by atoms with Crippen molar-refractivity contribution in [2.75, 3.05) is 17.6 Å². The minimum absolute atomic E-state index is 0.178. The SMILES string of the molecule is CC(C)(C)OC(=O)N[C@@H](Cc1ccc(OCc2ccccc2)cc1)C(=O)NNC(=O)SCCNc1ccc2c(c1)CCCC2. The summed E-state index contributed by atoms with van der Waals surface area (Å²) in [6.07, 6.45) is 4.18. The Hall–Kier alpha value is -4.18. The molecule has 0 aliphatic heterocycles. The summed E-state index contributed by atoms with van der Waals surface area (Å²) in [6, 6.07) is 22.6. The predicted molar refractivity (Wildman–Crippen MR) is 175 cm³/mol. The molecule has 10 heteroatoms. The number of thioether (sulfide) groups is 1. The van der Waals surface area contributed by atoms with E-state index in [9.17, 15) is 14.4 Å². The molecule has 0 unspecified atom stereocenters. The molecular weight excluding hydrogens is 576 g/mol. The van der Waals surface area contributed by atoms with Crippen molar-refractivity contribution in [2.45, 2.75) is 71.1 Å². The van der Waals surface area contributed by atoms with Gasteiger partial charge in [-0.1, -0.05) is 60.3 Å². The topological polar surface area (TPSA) is 118 Å². The lowest BCUT2D eigenvalue weighted by molar-refractivity contribution is -0.123. The third-order valence-electron chi connectivity index (χ3n) is 6.92. The minimum atomic E-state index is -0.989. The van der Waals surface area contributed by atoms with Gasteiger partial charge >= 0.3 is 6.09 Å². The first-order chi connectivity index (χ1) is 21.1. The number of fused-ring (bicyclic) bond motifs is 1. The summed E-state index contributed by atoms with van der Waals surface area (Å²) in [5, 5.41) is 5.59. The maximum Gasteiger partial charge on any atom is 0.408 e. The van der Waals surface area contributed by atoms with Crippen LogP contribution < -0.4 is 26.2 Å². The van der Waals surface area contributed by atoms with Crippen LogP contribution in [0.1, 0.15) is 55.9 Å². The maximum absolute atomic E-state index is 13.1. The molecule has 44 heavy (non-hydrogen) atoms. The van der Waals surface area contributed by atoms with Gasteiger partial charge in [0.2, 0.25) is 0 Å². The van der Waals surface area contributed by atoms with Gasteiger partial charge in [-0.3, -0.25) is 20.4 Å². The van der Waals surface area contributed by atoms with Crippen LogP contribution in [0.15, 0.2) is 72.8 Å². The van der Waals surface area contributed by atoms with E-state index in [2.05, 4.69) is 39.7 Å². The fourth-order valence-corrected chi connectivity index (χ4v) is 5.29. The monoisotopic (exact) mass is 618 g/mol. The number of carbonyl (C=O) groups excluding carboxylic acids is 3. The Kier molecular flexibility index (Phi) is 11.9. The number of hydrogen-bond donors (Lipinski definition) is 4. The highest BCUT2D eigenvalue weighted by molar-refractivity contribution is 8.13. The molecule has 3 aromatic carbocycles. The largest absolute Gasteiger partial charge is 0.489 e. The van der Waals surface area contributed by atoms with Crippen LogP contribution in [0.5, 0.6) is 5.75 Å². The van der Waals surface area contributed by atoms with Crippen LogP contribution in [-0.4, -0.2) is 41.2 Å². The number of hydrazine groups is 1. The second kappa shape index (κ2) is 16.0. The zero-order valence-electron chi connectivity index (χ0n) is 25.6. The number of rotatable bonds is 11. The second-order valence-corrected chi connectivity index (χ2v) is 12.8. The Morgan fingerprint density at radius 3 is 2.32 bits per heavy atom. The molecule has 1 aliphatic rings. The number of nitrogens with one attached hydrogen (secondary N) is 4. The summed E-state index contributed by atoms with van der Waals surface area (Å²) in [4.78, 5) is 38.0. The van der Waals surface area contributed by atoms with E-state index in [1.165, 1.54) is 24.0 Å². The Morgan fingerprint density at radius 2 is 1.59 bits per heavy atom. The molecule has 0 spiro atoms. The smallest absolute Gasteiger partial charge is 0.408 e. The van der Waals surface area contributed by atoms with Crippen LogP contribution in [0.2, 0.25) is 0 Å². The van der Waals surface area contributed by atoms with Crippen molar-refractivity contribution < 1.29 is 23.9 Å². The summed E-state index contributed by atoms with van der Waals surface area (Å²) in [5.41, 5.74) is 9.86. The van der Waals surface area contributed by atoms with Gasteiger partial charge in [-0.25, -0.2) is 4.79 Å². The highest BCUT2D eigenvalue weighted by atomic mass is 32.2. The van der Waals surface area contributed by atoms with E-state index in [1.54, 1.807) is 20.8 Å². The van der Waals surface area contributed by atoms with E-state index in [1.807, 2.05) is 54.6 Å². The Labute approximate surface area is 263 Å². The molecule has 0 saturated carbocycles. The molecule has 0 heterocycles. The normalized spacial score (nSPS) is 13.2. The second-order valence-electron chi connectivity index (χ2n) is 11.7. The average molecular weight is 619 g/mol. The van der Waals surface area contributed by atoms with E-state index < -0.39 is 28.9 Å². The van der Waals surface area contributed by atoms with E-state index in [0.717, 1.165) is 41.4 Å². The fourth-order valence-electron chi connectivity index (χ4n) is 4.78. The van der Waals surface area contributed by atoms with Gasteiger partial charge < -0.3 is 20.1 Å². The molecular formula is C34H42N4O5S. The molecule has 0 saturated heterocycles. The van der Waals surface area contributed by atoms with Crippen molar-refractivity contribution in [1.82, 2.24) is 16.2 Å². The maximum atomic E-state index is 13.1. The first-order valence-electron chi connectivity index (χ1n) is 15.0. The Balaban J connectivity index is 1.25. The molecule has 4 rings (SSSR count). The summed E-state index contributed by atoms with van der Waals surface area (Å²) < 4.78 is 11.2. The number of ether oxygens (including phenoxy) is 2. The number of anilines is 1. The van der Waals surface area contributed by atoms with Gasteiger partial charge in [0, 0.05) is 24.4 Å². The standard InChI is InChI=1S/C34H42N4O5S/c1-34(2,3)43-32(40)36-30(21-24-13-17-29(18-14-24)42-23-25-9-5-4-6-10-25)31(39)37-38-33(41)44-20-19-35-28-16-15-26-11-7-8-12-27(26)22-28/h4-6,9-10,13-18,22,30,35H,7-8,11-12,19-21,23H2,1-3H3,(H,36,40)(H,37,39)(H,38,41)/t30-/m0/s1. The molecule has 0 fully saturated rings. The molecule has 3 aromatic rings. The highest BCUT2D eigenvalue weighted by Gasteiger charge is 2.25. The predicted octanol–water partition coefficient (Wildman–Crippen LogP) is 6.17.